The van der Waals surface area contributed by atoms with Crippen LogP contribution < -0.4 is 5.73 Å². The molecule has 0 fully saturated rings. The number of nitrogens with zero attached hydrogens (tertiary/aromatic N) is 1. The van der Waals surface area contributed by atoms with E-state index in [0.717, 1.165) is 5.56 Å². The topological polar surface area (TPSA) is 59.1 Å². The third kappa shape index (κ3) is 3.25. The Morgan fingerprint density at radius 1 is 1.05 bits per heavy atom. The lowest BCUT2D eigenvalue weighted by molar-refractivity contribution is 0.147. The Morgan fingerprint density at radius 3 is 2.32 bits per heavy atom. The Kier molecular flexibility index (Phi) is 4.77. The van der Waals surface area contributed by atoms with Crippen LogP contribution in [0.1, 0.15) is 23.1 Å². The number of aromatic nitrogens is 1. The summed E-state index contributed by atoms with van der Waals surface area (Å²) in [6, 6.07) is 8.78. The molecule has 3 N–H and O–H groups in total. The van der Waals surface area contributed by atoms with Crippen LogP contribution in [0.25, 0.3) is 0 Å². The van der Waals surface area contributed by atoms with Crippen molar-refractivity contribution in [3.63, 3.8) is 0 Å². The lowest BCUT2D eigenvalue weighted by Crippen LogP contribution is -2.20. The molecule has 0 amide bonds. The van der Waals surface area contributed by atoms with Gasteiger partial charge in [-0.15, -0.1) is 0 Å². The van der Waals surface area contributed by atoms with Gasteiger partial charge in [0.15, 0.2) is 0 Å². The van der Waals surface area contributed by atoms with Crippen molar-refractivity contribution >= 4 is 23.2 Å². The lowest BCUT2D eigenvalue weighted by Gasteiger charge is -2.22. The molecule has 0 saturated carbocycles. The zero-order chi connectivity index (χ0) is 13.8. The van der Waals surface area contributed by atoms with E-state index in [9.17, 15) is 5.11 Å². The van der Waals surface area contributed by atoms with E-state index in [-0.39, 0.29) is 5.92 Å². The van der Waals surface area contributed by atoms with Gasteiger partial charge in [0.2, 0.25) is 0 Å². The first-order chi connectivity index (χ1) is 9.13. The van der Waals surface area contributed by atoms with Crippen LogP contribution in [0, 0.1) is 0 Å². The SMILES string of the molecule is NCC(c1ccncc1)C(O)c1ccc(Cl)c(Cl)c1. The highest BCUT2D eigenvalue weighted by Crippen LogP contribution is 2.33. The molecule has 1 heterocycles. The third-order valence-electron chi connectivity index (χ3n) is 3.05. The predicted octanol–water partition coefficient (Wildman–Crippen LogP) is 3.16. The molecule has 0 aliphatic rings. The Labute approximate surface area is 122 Å². The van der Waals surface area contributed by atoms with Crippen molar-refractivity contribution in [2.75, 3.05) is 6.54 Å². The van der Waals surface area contributed by atoms with Crippen LogP contribution >= 0.6 is 23.2 Å². The number of halogens is 2. The average Bonchev–Trinajstić information content (AvgIpc) is 2.44. The molecule has 0 aliphatic carbocycles. The zero-order valence-electron chi connectivity index (χ0n) is 10.1. The molecule has 2 atom stereocenters. The van der Waals surface area contributed by atoms with Gasteiger partial charge in [-0.1, -0.05) is 29.3 Å². The van der Waals surface area contributed by atoms with Gasteiger partial charge in [-0.3, -0.25) is 4.98 Å². The van der Waals surface area contributed by atoms with Crippen LogP contribution in [-0.2, 0) is 0 Å². The van der Waals surface area contributed by atoms with E-state index in [1.54, 1.807) is 30.6 Å². The molecule has 2 rings (SSSR count). The Balaban J connectivity index is 2.30. The fraction of sp³-hybridized carbons (Fsp3) is 0.214. The molecule has 0 saturated heterocycles. The quantitative estimate of drug-likeness (QED) is 0.911. The lowest BCUT2D eigenvalue weighted by atomic mass is 9.90. The number of aliphatic hydroxyl groups excluding tert-OH is 1. The molecule has 2 unspecified atom stereocenters. The number of aliphatic hydroxyl groups is 1. The second-order valence-corrected chi connectivity index (χ2v) is 5.06. The maximum absolute atomic E-state index is 10.4. The fourth-order valence-corrected chi connectivity index (χ4v) is 2.29. The van der Waals surface area contributed by atoms with Gasteiger partial charge in [-0.2, -0.15) is 0 Å². The van der Waals surface area contributed by atoms with Crippen molar-refractivity contribution in [3.05, 3.63) is 63.9 Å². The van der Waals surface area contributed by atoms with Crippen LogP contribution in [0.5, 0.6) is 0 Å². The predicted molar refractivity (Wildman–Crippen MR) is 77.5 cm³/mol. The standard InChI is InChI=1S/C14H14Cl2N2O/c15-12-2-1-10(7-13(12)16)14(19)11(8-17)9-3-5-18-6-4-9/h1-7,11,14,19H,8,17H2. The summed E-state index contributed by atoms with van der Waals surface area (Å²) in [7, 11) is 0. The minimum atomic E-state index is -0.734. The number of benzene rings is 1. The van der Waals surface area contributed by atoms with E-state index in [2.05, 4.69) is 4.98 Å². The second kappa shape index (κ2) is 6.35. The van der Waals surface area contributed by atoms with Crippen molar-refractivity contribution < 1.29 is 5.11 Å². The summed E-state index contributed by atoms with van der Waals surface area (Å²) >= 11 is 11.8. The van der Waals surface area contributed by atoms with E-state index < -0.39 is 6.10 Å². The summed E-state index contributed by atoms with van der Waals surface area (Å²) in [6.45, 7) is 0.325. The Morgan fingerprint density at radius 2 is 1.74 bits per heavy atom. The van der Waals surface area contributed by atoms with E-state index in [1.165, 1.54) is 0 Å². The summed E-state index contributed by atoms with van der Waals surface area (Å²) in [5.74, 6) is -0.208. The number of hydrogen-bond acceptors (Lipinski definition) is 3. The maximum atomic E-state index is 10.4. The van der Waals surface area contributed by atoms with Gasteiger partial charge in [0, 0.05) is 24.9 Å². The first kappa shape index (κ1) is 14.3. The molecule has 0 bridgehead atoms. The van der Waals surface area contributed by atoms with E-state index in [1.807, 2.05) is 12.1 Å². The number of pyridine rings is 1. The number of hydrogen-bond donors (Lipinski definition) is 2. The van der Waals surface area contributed by atoms with Gasteiger partial charge >= 0.3 is 0 Å². The minimum Gasteiger partial charge on any atom is -0.388 e. The third-order valence-corrected chi connectivity index (χ3v) is 3.79. The Hall–Kier alpha value is -1.13. The molecule has 3 nitrogen and oxygen atoms in total. The largest absolute Gasteiger partial charge is 0.388 e. The Bertz CT molecular complexity index is 548. The monoisotopic (exact) mass is 296 g/mol. The smallest absolute Gasteiger partial charge is 0.0871 e. The summed E-state index contributed by atoms with van der Waals surface area (Å²) < 4.78 is 0. The van der Waals surface area contributed by atoms with Crippen molar-refractivity contribution in [2.45, 2.75) is 12.0 Å². The minimum absolute atomic E-state index is 0.208. The van der Waals surface area contributed by atoms with Crippen molar-refractivity contribution in [2.24, 2.45) is 5.73 Å². The molecule has 5 heteroatoms. The highest BCUT2D eigenvalue weighted by atomic mass is 35.5. The molecular weight excluding hydrogens is 283 g/mol. The van der Waals surface area contributed by atoms with Crippen LogP contribution in [0.3, 0.4) is 0 Å². The molecule has 0 spiro atoms. The van der Waals surface area contributed by atoms with Crippen LogP contribution in [-0.4, -0.2) is 16.6 Å². The van der Waals surface area contributed by atoms with Crippen LogP contribution in [0.15, 0.2) is 42.7 Å². The molecule has 100 valence electrons. The number of nitrogens with two attached hydrogens (primary N) is 1. The van der Waals surface area contributed by atoms with Gasteiger partial charge in [-0.25, -0.2) is 0 Å². The summed E-state index contributed by atoms with van der Waals surface area (Å²) in [6.07, 6.45) is 2.63. The first-order valence-corrected chi connectivity index (χ1v) is 6.62. The molecule has 1 aromatic heterocycles. The second-order valence-electron chi connectivity index (χ2n) is 4.24. The fourth-order valence-electron chi connectivity index (χ4n) is 1.99. The molecule has 1 aromatic carbocycles. The number of rotatable bonds is 4. The summed E-state index contributed by atoms with van der Waals surface area (Å²) in [5.41, 5.74) is 7.41. The maximum Gasteiger partial charge on any atom is 0.0871 e. The van der Waals surface area contributed by atoms with E-state index >= 15 is 0 Å². The van der Waals surface area contributed by atoms with E-state index in [0.29, 0.717) is 22.2 Å². The first-order valence-electron chi connectivity index (χ1n) is 5.86. The normalized spacial score (nSPS) is 14.1. The van der Waals surface area contributed by atoms with Crippen molar-refractivity contribution in [1.29, 1.82) is 0 Å². The summed E-state index contributed by atoms with van der Waals surface area (Å²) in [5, 5.41) is 11.3. The van der Waals surface area contributed by atoms with Gasteiger partial charge in [-0.05, 0) is 35.4 Å². The van der Waals surface area contributed by atoms with Crippen LogP contribution in [0.2, 0.25) is 10.0 Å². The van der Waals surface area contributed by atoms with Gasteiger partial charge in [0.05, 0.1) is 16.1 Å². The highest BCUT2D eigenvalue weighted by molar-refractivity contribution is 6.42. The van der Waals surface area contributed by atoms with Crippen molar-refractivity contribution in [1.82, 2.24) is 4.98 Å². The van der Waals surface area contributed by atoms with Gasteiger partial charge in [0.1, 0.15) is 0 Å². The van der Waals surface area contributed by atoms with Gasteiger partial charge < -0.3 is 10.8 Å². The highest BCUT2D eigenvalue weighted by Gasteiger charge is 2.22. The summed E-state index contributed by atoms with van der Waals surface area (Å²) in [4.78, 5) is 3.96. The van der Waals surface area contributed by atoms with Crippen LogP contribution in [0.4, 0.5) is 0 Å². The average molecular weight is 297 g/mol. The van der Waals surface area contributed by atoms with Gasteiger partial charge in [0.25, 0.3) is 0 Å². The molecule has 0 radical (unpaired) electrons. The molecule has 19 heavy (non-hydrogen) atoms. The van der Waals surface area contributed by atoms with E-state index in [4.69, 9.17) is 28.9 Å². The molecular formula is C14H14Cl2N2O. The molecule has 0 aliphatic heterocycles. The molecule has 2 aromatic rings. The van der Waals surface area contributed by atoms with Crippen molar-refractivity contribution in [3.8, 4) is 0 Å². The zero-order valence-corrected chi connectivity index (χ0v) is 11.6.